The highest BCUT2D eigenvalue weighted by Crippen LogP contribution is 2.34. The standard InChI is InChI=1S/C23H21N3O2S/c1-15-10-11-16(2)21-20(15)25-23(29-21)26(14-18-8-4-5-12-24-18)22(27)17-7-6-9-19(13-17)28-3/h4-13H,14H2,1-3H3. The van der Waals surface area contributed by atoms with Gasteiger partial charge in [0.05, 0.1) is 29.6 Å². The predicted octanol–water partition coefficient (Wildman–Crippen LogP) is 5.16. The number of anilines is 1. The number of carbonyl (C=O) groups excluding carboxylic acids is 1. The molecule has 0 bridgehead atoms. The quantitative estimate of drug-likeness (QED) is 0.462. The van der Waals surface area contributed by atoms with Crippen LogP contribution in [0.5, 0.6) is 5.75 Å². The fraction of sp³-hybridized carbons (Fsp3) is 0.174. The van der Waals surface area contributed by atoms with Crippen LogP contribution < -0.4 is 9.64 Å². The van der Waals surface area contributed by atoms with Gasteiger partial charge >= 0.3 is 0 Å². The SMILES string of the molecule is COc1cccc(C(=O)N(Cc2ccccn2)c2nc3c(C)ccc(C)c3s2)c1. The third kappa shape index (κ3) is 3.84. The molecule has 2 aromatic heterocycles. The van der Waals surface area contributed by atoms with Gasteiger partial charge in [-0.2, -0.15) is 0 Å². The highest BCUT2D eigenvalue weighted by atomic mass is 32.1. The van der Waals surface area contributed by atoms with Crippen molar-refractivity contribution in [2.24, 2.45) is 0 Å². The smallest absolute Gasteiger partial charge is 0.260 e. The number of fused-ring (bicyclic) bond motifs is 1. The molecule has 0 atom stereocenters. The maximum atomic E-state index is 13.5. The third-order valence-electron chi connectivity index (χ3n) is 4.77. The molecule has 2 aromatic carbocycles. The summed E-state index contributed by atoms with van der Waals surface area (Å²) in [5.41, 5.74) is 4.54. The maximum Gasteiger partial charge on any atom is 0.260 e. The van der Waals surface area contributed by atoms with Crippen LogP contribution in [0.3, 0.4) is 0 Å². The second-order valence-corrected chi connectivity index (χ2v) is 7.80. The molecule has 0 fully saturated rings. The summed E-state index contributed by atoms with van der Waals surface area (Å²) in [6.45, 7) is 4.45. The summed E-state index contributed by atoms with van der Waals surface area (Å²) in [7, 11) is 1.59. The minimum absolute atomic E-state index is 0.135. The van der Waals surface area contributed by atoms with Crippen LogP contribution in [-0.2, 0) is 6.54 Å². The molecule has 1 amide bonds. The van der Waals surface area contributed by atoms with E-state index >= 15 is 0 Å². The monoisotopic (exact) mass is 403 g/mol. The highest BCUT2D eigenvalue weighted by molar-refractivity contribution is 7.22. The van der Waals surface area contributed by atoms with Crippen molar-refractivity contribution in [2.75, 3.05) is 12.0 Å². The van der Waals surface area contributed by atoms with Gasteiger partial charge in [0.2, 0.25) is 0 Å². The average molecular weight is 404 g/mol. The third-order valence-corrected chi connectivity index (χ3v) is 5.98. The van der Waals surface area contributed by atoms with E-state index in [-0.39, 0.29) is 5.91 Å². The number of ether oxygens (including phenoxy) is 1. The van der Waals surface area contributed by atoms with Crippen LogP contribution in [0.1, 0.15) is 27.2 Å². The molecule has 2 heterocycles. The number of aryl methyl sites for hydroxylation is 2. The zero-order valence-corrected chi connectivity index (χ0v) is 17.4. The van der Waals surface area contributed by atoms with Crippen LogP contribution in [0.25, 0.3) is 10.2 Å². The highest BCUT2D eigenvalue weighted by Gasteiger charge is 2.23. The Labute approximate surface area is 173 Å². The first-order valence-corrected chi connectivity index (χ1v) is 10.1. The van der Waals surface area contributed by atoms with Crippen LogP contribution in [0.15, 0.2) is 60.8 Å². The summed E-state index contributed by atoms with van der Waals surface area (Å²) >= 11 is 1.53. The number of hydrogen-bond donors (Lipinski definition) is 0. The first-order valence-electron chi connectivity index (χ1n) is 9.29. The lowest BCUT2D eigenvalue weighted by Gasteiger charge is -2.20. The van der Waals surface area contributed by atoms with Crippen molar-refractivity contribution in [1.29, 1.82) is 0 Å². The van der Waals surface area contributed by atoms with Crippen LogP contribution >= 0.6 is 11.3 Å². The predicted molar refractivity (Wildman–Crippen MR) is 117 cm³/mol. The Kier molecular flexibility index (Phi) is 5.27. The molecule has 0 aliphatic rings. The van der Waals surface area contributed by atoms with Crippen molar-refractivity contribution < 1.29 is 9.53 Å². The van der Waals surface area contributed by atoms with Crippen molar-refractivity contribution in [3.8, 4) is 5.75 Å². The van der Waals surface area contributed by atoms with E-state index in [0.717, 1.165) is 27.0 Å². The van der Waals surface area contributed by atoms with Crippen LogP contribution in [0.2, 0.25) is 0 Å². The number of rotatable bonds is 5. The molecule has 29 heavy (non-hydrogen) atoms. The summed E-state index contributed by atoms with van der Waals surface area (Å²) in [6, 6.07) is 17.0. The molecule has 0 aliphatic heterocycles. The van der Waals surface area contributed by atoms with Gasteiger partial charge in [-0.3, -0.25) is 14.7 Å². The Balaban J connectivity index is 1.81. The van der Waals surface area contributed by atoms with Gasteiger partial charge in [-0.05, 0) is 55.3 Å². The summed E-state index contributed by atoms with van der Waals surface area (Å²) in [4.78, 5) is 24.4. The van der Waals surface area contributed by atoms with Crippen molar-refractivity contribution in [3.05, 3.63) is 83.2 Å². The molecule has 0 spiro atoms. The molecule has 146 valence electrons. The van der Waals surface area contributed by atoms with Crippen molar-refractivity contribution in [1.82, 2.24) is 9.97 Å². The van der Waals surface area contributed by atoms with Gasteiger partial charge in [-0.1, -0.05) is 35.6 Å². The number of aromatic nitrogens is 2. The lowest BCUT2D eigenvalue weighted by molar-refractivity contribution is 0.0984. The molecular formula is C23H21N3O2S. The maximum absolute atomic E-state index is 13.5. The lowest BCUT2D eigenvalue weighted by atomic mass is 10.1. The van der Waals surface area contributed by atoms with Crippen LogP contribution in [-0.4, -0.2) is 23.0 Å². The van der Waals surface area contributed by atoms with E-state index in [1.807, 2.05) is 37.3 Å². The second kappa shape index (κ2) is 8.01. The minimum Gasteiger partial charge on any atom is -0.497 e. The largest absolute Gasteiger partial charge is 0.497 e. The van der Waals surface area contributed by atoms with Crippen molar-refractivity contribution in [3.63, 3.8) is 0 Å². The first-order chi connectivity index (χ1) is 14.1. The molecule has 6 heteroatoms. The molecular weight excluding hydrogens is 382 g/mol. The topological polar surface area (TPSA) is 55.3 Å². The molecule has 0 saturated carbocycles. The van der Waals surface area contributed by atoms with Gasteiger partial charge in [-0.25, -0.2) is 4.98 Å². The molecule has 0 aliphatic carbocycles. The van der Waals surface area contributed by atoms with E-state index in [0.29, 0.717) is 23.0 Å². The second-order valence-electron chi connectivity index (χ2n) is 6.82. The Morgan fingerprint density at radius 3 is 2.62 bits per heavy atom. The number of amides is 1. The number of benzene rings is 2. The minimum atomic E-state index is -0.135. The van der Waals surface area contributed by atoms with Gasteiger partial charge in [-0.15, -0.1) is 0 Å². The zero-order valence-electron chi connectivity index (χ0n) is 16.5. The molecule has 4 aromatic rings. The summed E-state index contributed by atoms with van der Waals surface area (Å²) in [6.07, 6.45) is 1.73. The van der Waals surface area contributed by atoms with Gasteiger partial charge in [0.25, 0.3) is 5.91 Å². The number of methoxy groups -OCH3 is 1. The van der Waals surface area contributed by atoms with E-state index in [2.05, 4.69) is 24.0 Å². The Hall–Kier alpha value is -3.25. The Morgan fingerprint density at radius 2 is 1.90 bits per heavy atom. The van der Waals surface area contributed by atoms with E-state index in [9.17, 15) is 4.79 Å². The average Bonchev–Trinajstić information content (AvgIpc) is 3.21. The van der Waals surface area contributed by atoms with E-state index in [4.69, 9.17) is 9.72 Å². The molecule has 0 radical (unpaired) electrons. The lowest BCUT2D eigenvalue weighted by Crippen LogP contribution is -2.30. The Morgan fingerprint density at radius 1 is 1.07 bits per heavy atom. The molecule has 0 saturated heterocycles. The Bertz CT molecular complexity index is 1130. The first kappa shape index (κ1) is 19.1. The van der Waals surface area contributed by atoms with Gasteiger partial charge in [0, 0.05) is 11.8 Å². The number of pyridine rings is 1. The number of hydrogen-bond acceptors (Lipinski definition) is 5. The molecule has 5 nitrogen and oxygen atoms in total. The number of nitrogens with zero attached hydrogens (tertiary/aromatic N) is 3. The van der Waals surface area contributed by atoms with Crippen molar-refractivity contribution >= 4 is 32.6 Å². The molecule has 0 unspecified atom stereocenters. The van der Waals surface area contributed by atoms with Crippen LogP contribution in [0.4, 0.5) is 5.13 Å². The van der Waals surface area contributed by atoms with Gasteiger partial charge in [0.1, 0.15) is 5.75 Å². The summed E-state index contributed by atoms with van der Waals surface area (Å²) in [5, 5.41) is 0.663. The zero-order chi connectivity index (χ0) is 20.4. The summed E-state index contributed by atoms with van der Waals surface area (Å²) < 4.78 is 6.39. The van der Waals surface area contributed by atoms with Crippen molar-refractivity contribution in [2.45, 2.75) is 20.4 Å². The van der Waals surface area contributed by atoms with Crippen LogP contribution in [0, 0.1) is 13.8 Å². The molecule has 0 N–H and O–H groups in total. The normalized spacial score (nSPS) is 10.9. The van der Waals surface area contributed by atoms with Gasteiger partial charge in [0.15, 0.2) is 5.13 Å². The summed E-state index contributed by atoms with van der Waals surface area (Å²) in [5.74, 6) is 0.508. The fourth-order valence-corrected chi connectivity index (χ4v) is 4.26. The van der Waals surface area contributed by atoms with E-state index in [1.165, 1.54) is 11.3 Å². The van der Waals surface area contributed by atoms with E-state index in [1.54, 1.807) is 30.3 Å². The van der Waals surface area contributed by atoms with E-state index < -0.39 is 0 Å². The fourth-order valence-electron chi connectivity index (χ4n) is 3.16. The number of thiazole rings is 1. The van der Waals surface area contributed by atoms with Gasteiger partial charge < -0.3 is 4.74 Å². The number of carbonyl (C=O) groups is 1. The molecule has 4 rings (SSSR count).